The molecule has 2 rings (SSSR count). The summed E-state index contributed by atoms with van der Waals surface area (Å²) in [4.78, 5) is 10.8. The fraction of sp³-hybridized carbons (Fsp3) is 0.562. The van der Waals surface area contributed by atoms with E-state index in [0.717, 1.165) is 37.0 Å². The van der Waals surface area contributed by atoms with Gasteiger partial charge in [0.15, 0.2) is 11.5 Å². The molecule has 1 saturated heterocycles. The predicted octanol–water partition coefficient (Wildman–Crippen LogP) is 2.95. The zero-order valence-electron chi connectivity index (χ0n) is 12.1. The third-order valence-corrected chi connectivity index (χ3v) is 3.61. The molecule has 1 aliphatic heterocycles. The Labute approximate surface area is 120 Å². The van der Waals surface area contributed by atoms with Crippen molar-refractivity contribution in [3.8, 4) is 11.5 Å². The van der Waals surface area contributed by atoms with Gasteiger partial charge < -0.3 is 19.0 Å². The highest BCUT2D eigenvalue weighted by atomic mass is 16.5. The first-order chi connectivity index (χ1) is 9.76. The first-order valence-electron chi connectivity index (χ1n) is 7.11. The Bertz CT molecular complexity index is 438. The van der Waals surface area contributed by atoms with E-state index >= 15 is 0 Å². The standard InChI is InChI=1S/C16H22O4/c1-12(8-9-17)14-6-3-7-15(18-2)16(14)20-13-5-4-10-19-11-13/h3,6-7,9,12-13H,4-5,8,10-11H2,1-2H3. The van der Waals surface area contributed by atoms with Crippen LogP contribution in [0.2, 0.25) is 0 Å². The summed E-state index contributed by atoms with van der Waals surface area (Å²) < 4.78 is 17.0. The molecule has 2 atom stereocenters. The molecule has 1 fully saturated rings. The molecule has 110 valence electrons. The SMILES string of the molecule is COc1cccc(C(C)CC=O)c1OC1CCCOC1. The topological polar surface area (TPSA) is 44.8 Å². The molecule has 2 unspecified atom stereocenters. The highest BCUT2D eigenvalue weighted by Gasteiger charge is 2.21. The maximum atomic E-state index is 10.8. The van der Waals surface area contributed by atoms with Crippen LogP contribution in [0.1, 0.15) is 37.7 Å². The Balaban J connectivity index is 2.24. The van der Waals surface area contributed by atoms with Gasteiger partial charge in [-0.2, -0.15) is 0 Å². The Morgan fingerprint density at radius 1 is 1.50 bits per heavy atom. The second-order valence-electron chi connectivity index (χ2n) is 5.14. The van der Waals surface area contributed by atoms with Crippen molar-refractivity contribution in [2.45, 2.75) is 38.2 Å². The van der Waals surface area contributed by atoms with E-state index in [4.69, 9.17) is 14.2 Å². The van der Waals surface area contributed by atoms with Crippen LogP contribution >= 0.6 is 0 Å². The maximum absolute atomic E-state index is 10.8. The van der Waals surface area contributed by atoms with E-state index in [1.165, 1.54) is 0 Å². The van der Waals surface area contributed by atoms with Crippen molar-refractivity contribution < 1.29 is 19.0 Å². The number of ether oxygens (including phenoxy) is 3. The van der Waals surface area contributed by atoms with Crippen molar-refractivity contribution in [1.82, 2.24) is 0 Å². The van der Waals surface area contributed by atoms with E-state index in [1.54, 1.807) is 7.11 Å². The molecule has 0 saturated carbocycles. The van der Waals surface area contributed by atoms with Crippen molar-refractivity contribution in [2.75, 3.05) is 20.3 Å². The molecule has 0 radical (unpaired) electrons. The van der Waals surface area contributed by atoms with Crippen LogP contribution in [-0.2, 0) is 9.53 Å². The predicted molar refractivity (Wildman–Crippen MR) is 76.6 cm³/mol. The maximum Gasteiger partial charge on any atom is 0.165 e. The molecule has 0 aromatic heterocycles. The summed E-state index contributed by atoms with van der Waals surface area (Å²) in [6.07, 6.45) is 3.48. The van der Waals surface area contributed by atoms with Gasteiger partial charge in [0.1, 0.15) is 12.4 Å². The van der Waals surface area contributed by atoms with E-state index < -0.39 is 0 Å². The molecule has 0 N–H and O–H groups in total. The molecule has 4 heteroatoms. The summed E-state index contributed by atoms with van der Waals surface area (Å²) in [7, 11) is 1.63. The van der Waals surface area contributed by atoms with Crippen LogP contribution in [0.3, 0.4) is 0 Å². The first-order valence-corrected chi connectivity index (χ1v) is 7.11. The van der Waals surface area contributed by atoms with Crippen LogP contribution in [0.5, 0.6) is 11.5 Å². The number of hydrogen-bond acceptors (Lipinski definition) is 4. The summed E-state index contributed by atoms with van der Waals surface area (Å²) in [6.45, 7) is 3.44. The summed E-state index contributed by atoms with van der Waals surface area (Å²) in [5.41, 5.74) is 1.02. The Morgan fingerprint density at radius 2 is 2.35 bits per heavy atom. The Hall–Kier alpha value is -1.55. The normalized spacial score (nSPS) is 20.2. The van der Waals surface area contributed by atoms with Crippen molar-refractivity contribution in [2.24, 2.45) is 0 Å². The number of aldehydes is 1. The van der Waals surface area contributed by atoms with Gasteiger partial charge in [0.2, 0.25) is 0 Å². The molecule has 1 aliphatic rings. The molecular weight excluding hydrogens is 256 g/mol. The highest BCUT2D eigenvalue weighted by Crippen LogP contribution is 2.37. The fourth-order valence-electron chi connectivity index (χ4n) is 2.45. The van der Waals surface area contributed by atoms with Crippen LogP contribution in [0.25, 0.3) is 0 Å². The van der Waals surface area contributed by atoms with Gasteiger partial charge in [-0.25, -0.2) is 0 Å². The number of carbonyl (C=O) groups is 1. The van der Waals surface area contributed by atoms with E-state index in [1.807, 2.05) is 25.1 Å². The minimum atomic E-state index is 0.0576. The molecule has 1 heterocycles. The minimum Gasteiger partial charge on any atom is -0.493 e. The van der Waals surface area contributed by atoms with Crippen molar-refractivity contribution in [1.29, 1.82) is 0 Å². The number of para-hydroxylation sites is 1. The Kier molecular flexibility index (Phi) is 5.41. The van der Waals surface area contributed by atoms with Gasteiger partial charge in [0, 0.05) is 18.6 Å². The number of benzene rings is 1. The van der Waals surface area contributed by atoms with Crippen LogP contribution in [0.15, 0.2) is 18.2 Å². The minimum absolute atomic E-state index is 0.0576. The lowest BCUT2D eigenvalue weighted by Crippen LogP contribution is -2.28. The summed E-state index contributed by atoms with van der Waals surface area (Å²) in [6, 6.07) is 5.81. The summed E-state index contributed by atoms with van der Waals surface area (Å²) >= 11 is 0. The fourth-order valence-corrected chi connectivity index (χ4v) is 2.45. The van der Waals surface area contributed by atoms with Crippen molar-refractivity contribution in [3.05, 3.63) is 23.8 Å². The van der Waals surface area contributed by atoms with Gasteiger partial charge in [0.05, 0.1) is 13.7 Å². The number of hydrogen-bond donors (Lipinski definition) is 0. The number of methoxy groups -OCH3 is 1. The second-order valence-corrected chi connectivity index (χ2v) is 5.14. The second kappa shape index (κ2) is 7.29. The summed E-state index contributed by atoms with van der Waals surface area (Å²) in [5, 5.41) is 0. The third kappa shape index (κ3) is 3.51. The van der Waals surface area contributed by atoms with E-state index in [9.17, 15) is 4.79 Å². The average Bonchev–Trinajstić information content (AvgIpc) is 2.48. The van der Waals surface area contributed by atoms with Crippen molar-refractivity contribution in [3.63, 3.8) is 0 Å². The molecule has 1 aromatic rings. The lowest BCUT2D eigenvalue weighted by molar-refractivity contribution is -0.108. The Morgan fingerprint density at radius 3 is 3.00 bits per heavy atom. The van der Waals surface area contributed by atoms with Gasteiger partial charge in [-0.1, -0.05) is 19.1 Å². The highest BCUT2D eigenvalue weighted by molar-refractivity contribution is 5.55. The van der Waals surface area contributed by atoms with Gasteiger partial charge in [0.25, 0.3) is 0 Å². The molecule has 0 bridgehead atoms. The van der Waals surface area contributed by atoms with Gasteiger partial charge in [-0.05, 0) is 24.8 Å². The summed E-state index contributed by atoms with van der Waals surface area (Å²) in [5.74, 6) is 1.58. The lowest BCUT2D eigenvalue weighted by Gasteiger charge is -2.26. The molecule has 4 nitrogen and oxygen atoms in total. The van der Waals surface area contributed by atoms with E-state index in [2.05, 4.69) is 0 Å². The van der Waals surface area contributed by atoms with Gasteiger partial charge >= 0.3 is 0 Å². The van der Waals surface area contributed by atoms with Gasteiger partial charge in [-0.15, -0.1) is 0 Å². The quantitative estimate of drug-likeness (QED) is 0.750. The molecular formula is C16H22O4. The van der Waals surface area contributed by atoms with E-state index in [0.29, 0.717) is 18.8 Å². The first kappa shape index (κ1) is 14.9. The average molecular weight is 278 g/mol. The van der Waals surface area contributed by atoms with Crippen LogP contribution < -0.4 is 9.47 Å². The molecule has 0 amide bonds. The number of carbonyl (C=O) groups excluding carboxylic acids is 1. The zero-order chi connectivity index (χ0) is 14.4. The van der Waals surface area contributed by atoms with Gasteiger partial charge in [-0.3, -0.25) is 0 Å². The molecule has 0 spiro atoms. The largest absolute Gasteiger partial charge is 0.493 e. The smallest absolute Gasteiger partial charge is 0.165 e. The third-order valence-electron chi connectivity index (χ3n) is 3.61. The molecule has 1 aromatic carbocycles. The van der Waals surface area contributed by atoms with Crippen LogP contribution in [0.4, 0.5) is 0 Å². The van der Waals surface area contributed by atoms with Crippen LogP contribution in [-0.4, -0.2) is 32.7 Å². The number of rotatable bonds is 6. The monoisotopic (exact) mass is 278 g/mol. The zero-order valence-corrected chi connectivity index (χ0v) is 12.1. The molecule has 0 aliphatic carbocycles. The van der Waals surface area contributed by atoms with Crippen molar-refractivity contribution >= 4 is 6.29 Å². The van der Waals surface area contributed by atoms with E-state index in [-0.39, 0.29) is 12.0 Å². The van der Waals surface area contributed by atoms with Crippen LogP contribution in [0, 0.1) is 0 Å². The lowest BCUT2D eigenvalue weighted by atomic mass is 9.97. The molecule has 20 heavy (non-hydrogen) atoms.